The van der Waals surface area contributed by atoms with Gasteiger partial charge in [0.05, 0.1) is 0 Å². The topological polar surface area (TPSA) is 41.6 Å². The van der Waals surface area contributed by atoms with E-state index in [1.165, 1.54) is 12.8 Å². The van der Waals surface area contributed by atoms with Crippen molar-refractivity contribution in [2.75, 3.05) is 13.1 Å². The van der Waals surface area contributed by atoms with Crippen LogP contribution in [0.5, 0.6) is 0 Å². The maximum atomic E-state index is 12.0. The first-order valence-electron chi connectivity index (χ1n) is 7.59. The summed E-state index contributed by atoms with van der Waals surface area (Å²) >= 11 is 0. The number of hydrogen-bond acceptors (Lipinski definition) is 3. The zero-order chi connectivity index (χ0) is 14.5. The molecule has 1 heterocycles. The van der Waals surface area contributed by atoms with Crippen molar-refractivity contribution in [1.82, 2.24) is 10.2 Å². The van der Waals surface area contributed by atoms with E-state index in [9.17, 15) is 4.79 Å². The Balaban J connectivity index is 2.38. The summed E-state index contributed by atoms with van der Waals surface area (Å²) in [5, 5.41) is 3.66. The third-order valence-electron chi connectivity index (χ3n) is 3.44. The Morgan fingerprint density at radius 2 is 2.11 bits per heavy atom. The minimum atomic E-state index is -0.406. The van der Waals surface area contributed by atoms with Crippen LogP contribution in [0.3, 0.4) is 0 Å². The van der Waals surface area contributed by atoms with Crippen molar-refractivity contribution in [3.8, 4) is 0 Å². The molecular formula is C15H30N2O2. The highest BCUT2D eigenvalue weighted by Crippen LogP contribution is 2.16. The van der Waals surface area contributed by atoms with E-state index in [2.05, 4.69) is 19.2 Å². The molecule has 0 radical (unpaired) electrons. The van der Waals surface area contributed by atoms with E-state index in [1.54, 1.807) is 0 Å². The fourth-order valence-corrected chi connectivity index (χ4v) is 2.48. The van der Waals surface area contributed by atoms with Gasteiger partial charge in [-0.05, 0) is 40.0 Å². The Morgan fingerprint density at radius 3 is 2.63 bits per heavy atom. The molecule has 1 N–H and O–H groups in total. The first kappa shape index (κ1) is 16.3. The van der Waals surface area contributed by atoms with Gasteiger partial charge in [0, 0.05) is 25.2 Å². The smallest absolute Gasteiger partial charge is 0.410 e. The Morgan fingerprint density at radius 1 is 1.42 bits per heavy atom. The van der Waals surface area contributed by atoms with Gasteiger partial charge >= 0.3 is 6.09 Å². The fourth-order valence-electron chi connectivity index (χ4n) is 2.48. The number of nitrogens with zero attached hydrogens (tertiary/aromatic N) is 1. The number of ether oxygens (including phenoxy) is 1. The van der Waals surface area contributed by atoms with Gasteiger partial charge in [0.15, 0.2) is 0 Å². The molecule has 0 aromatic rings. The highest BCUT2D eigenvalue weighted by atomic mass is 16.6. The highest BCUT2D eigenvalue weighted by molar-refractivity contribution is 5.68. The highest BCUT2D eigenvalue weighted by Gasteiger charge is 2.30. The lowest BCUT2D eigenvalue weighted by atomic mass is 10.1. The van der Waals surface area contributed by atoms with Crippen molar-refractivity contribution in [2.24, 2.45) is 0 Å². The van der Waals surface area contributed by atoms with Crippen molar-refractivity contribution in [3.63, 3.8) is 0 Å². The molecule has 1 aliphatic heterocycles. The molecule has 2 unspecified atom stereocenters. The maximum absolute atomic E-state index is 12.0. The van der Waals surface area contributed by atoms with E-state index < -0.39 is 5.60 Å². The summed E-state index contributed by atoms with van der Waals surface area (Å²) < 4.78 is 5.41. The minimum absolute atomic E-state index is 0.180. The standard InChI is InChI=1S/C15H30N2O2/c1-6-8-12(7-2)16-13-9-10-17(11-13)14(18)19-15(3,4)5/h12-13,16H,6-11H2,1-5H3. The van der Waals surface area contributed by atoms with Crippen LogP contribution in [0, 0.1) is 0 Å². The molecule has 0 bridgehead atoms. The normalized spacial score (nSPS) is 21.5. The van der Waals surface area contributed by atoms with Gasteiger partial charge in [0.2, 0.25) is 0 Å². The molecule has 0 aromatic carbocycles. The molecule has 0 aromatic heterocycles. The molecule has 0 spiro atoms. The fraction of sp³-hybridized carbons (Fsp3) is 0.933. The lowest BCUT2D eigenvalue weighted by Crippen LogP contribution is -2.41. The second-order valence-electron chi connectivity index (χ2n) is 6.47. The van der Waals surface area contributed by atoms with Crippen molar-refractivity contribution in [3.05, 3.63) is 0 Å². The summed E-state index contributed by atoms with van der Waals surface area (Å²) in [5.41, 5.74) is -0.406. The van der Waals surface area contributed by atoms with Crippen LogP contribution in [0.1, 0.15) is 60.3 Å². The molecule has 2 atom stereocenters. The van der Waals surface area contributed by atoms with Crippen molar-refractivity contribution in [2.45, 2.75) is 78.0 Å². The zero-order valence-electron chi connectivity index (χ0n) is 13.2. The summed E-state index contributed by atoms with van der Waals surface area (Å²) in [6.45, 7) is 11.7. The van der Waals surface area contributed by atoms with E-state index >= 15 is 0 Å². The summed E-state index contributed by atoms with van der Waals surface area (Å²) in [5.74, 6) is 0. The third-order valence-corrected chi connectivity index (χ3v) is 3.44. The molecule has 19 heavy (non-hydrogen) atoms. The van der Waals surface area contributed by atoms with Crippen molar-refractivity contribution < 1.29 is 9.53 Å². The monoisotopic (exact) mass is 270 g/mol. The molecule has 1 amide bonds. The molecule has 4 heteroatoms. The average Bonchev–Trinajstić information content (AvgIpc) is 2.75. The number of rotatable bonds is 5. The lowest BCUT2D eigenvalue weighted by Gasteiger charge is -2.25. The Hall–Kier alpha value is -0.770. The summed E-state index contributed by atoms with van der Waals surface area (Å²) in [6.07, 6.45) is 4.41. The van der Waals surface area contributed by atoms with Crippen LogP contribution in [0.25, 0.3) is 0 Å². The molecule has 0 aliphatic carbocycles. The molecule has 4 nitrogen and oxygen atoms in total. The molecule has 1 aliphatic rings. The van der Waals surface area contributed by atoms with Crippen LogP contribution < -0.4 is 5.32 Å². The quantitative estimate of drug-likeness (QED) is 0.834. The number of nitrogens with one attached hydrogen (secondary N) is 1. The van der Waals surface area contributed by atoms with E-state index in [0.717, 1.165) is 25.9 Å². The predicted octanol–water partition coefficient (Wildman–Crippen LogP) is 3.16. The summed E-state index contributed by atoms with van der Waals surface area (Å²) in [7, 11) is 0. The number of carbonyl (C=O) groups excluding carboxylic acids is 1. The van der Waals surface area contributed by atoms with Crippen LogP contribution >= 0.6 is 0 Å². The first-order chi connectivity index (χ1) is 8.85. The Labute approximate surface area is 117 Å². The van der Waals surface area contributed by atoms with Crippen LogP contribution in [-0.4, -0.2) is 41.8 Å². The van der Waals surface area contributed by atoms with E-state index in [-0.39, 0.29) is 6.09 Å². The lowest BCUT2D eigenvalue weighted by molar-refractivity contribution is 0.0290. The van der Waals surface area contributed by atoms with Gasteiger partial charge in [-0.3, -0.25) is 0 Å². The van der Waals surface area contributed by atoms with Crippen LogP contribution in [0.15, 0.2) is 0 Å². The molecule has 1 rings (SSSR count). The number of carbonyl (C=O) groups is 1. The van der Waals surface area contributed by atoms with Gasteiger partial charge in [0.25, 0.3) is 0 Å². The van der Waals surface area contributed by atoms with E-state index in [0.29, 0.717) is 12.1 Å². The zero-order valence-corrected chi connectivity index (χ0v) is 13.2. The molecule has 112 valence electrons. The van der Waals surface area contributed by atoms with Gasteiger partial charge in [-0.1, -0.05) is 20.3 Å². The summed E-state index contributed by atoms with van der Waals surface area (Å²) in [6, 6.07) is 0.998. The number of amides is 1. The largest absolute Gasteiger partial charge is 0.444 e. The molecule has 1 fully saturated rings. The van der Waals surface area contributed by atoms with Gasteiger partial charge in [-0.15, -0.1) is 0 Å². The van der Waals surface area contributed by atoms with Gasteiger partial charge in [-0.25, -0.2) is 4.79 Å². The second-order valence-corrected chi connectivity index (χ2v) is 6.47. The number of hydrogen-bond donors (Lipinski definition) is 1. The first-order valence-corrected chi connectivity index (χ1v) is 7.59. The minimum Gasteiger partial charge on any atom is -0.444 e. The Bertz CT molecular complexity index is 286. The Kier molecular flexibility index (Phi) is 6.11. The third kappa shape index (κ3) is 5.81. The van der Waals surface area contributed by atoms with Crippen LogP contribution in [-0.2, 0) is 4.74 Å². The predicted molar refractivity (Wildman–Crippen MR) is 78.3 cm³/mol. The van der Waals surface area contributed by atoms with E-state index in [1.807, 2.05) is 25.7 Å². The SMILES string of the molecule is CCCC(CC)NC1CCN(C(=O)OC(C)(C)C)C1. The molecule has 0 saturated carbocycles. The van der Waals surface area contributed by atoms with Crippen LogP contribution in [0.4, 0.5) is 4.79 Å². The maximum Gasteiger partial charge on any atom is 0.410 e. The van der Waals surface area contributed by atoms with Crippen molar-refractivity contribution >= 4 is 6.09 Å². The van der Waals surface area contributed by atoms with Gasteiger partial charge in [0.1, 0.15) is 5.60 Å². The molecule has 1 saturated heterocycles. The number of likely N-dealkylation sites (tertiary alicyclic amines) is 1. The van der Waals surface area contributed by atoms with Gasteiger partial charge in [-0.2, -0.15) is 0 Å². The van der Waals surface area contributed by atoms with Crippen LogP contribution in [0.2, 0.25) is 0 Å². The molecular weight excluding hydrogens is 240 g/mol. The van der Waals surface area contributed by atoms with Crippen molar-refractivity contribution in [1.29, 1.82) is 0 Å². The van der Waals surface area contributed by atoms with Gasteiger partial charge < -0.3 is 15.0 Å². The second kappa shape index (κ2) is 7.13. The van der Waals surface area contributed by atoms with E-state index in [4.69, 9.17) is 4.74 Å². The average molecular weight is 270 g/mol. The summed E-state index contributed by atoms with van der Waals surface area (Å²) in [4.78, 5) is 13.8.